The summed E-state index contributed by atoms with van der Waals surface area (Å²) in [7, 11) is 0. The normalized spacial score (nSPS) is 22.9. The van der Waals surface area contributed by atoms with E-state index >= 15 is 0 Å². The van der Waals surface area contributed by atoms with E-state index in [2.05, 4.69) is 38.3 Å². The Bertz CT molecular complexity index is 434. The Kier molecular flexibility index (Phi) is 4.64. The molecular formula is C15H26N2O3. The van der Waals surface area contributed by atoms with Gasteiger partial charge in [-0.1, -0.05) is 0 Å². The van der Waals surface area contributed by atoms with Gasteiger partial charge in [0.2, 0.25) is 5.91 Å². The van der Waals surface area contributed by atoms with Gasteiger partial charge >= 0.3 is 5.97 Å². The number of carboxylic acid groups (broad SMARTS) is 1. The number of piperidine rings is 1. The Morgan fingerprint density at radius 3 is 1.90 bits per heavy atom. The molecule has 5 nitrogen and oxygen atoms in total. The predicted octanol–water partition coefficient (Wildman–Crippen LogP) is 1.83. The molecule has 5 heteroatoms. The molecule has 0 aromatic carbocycles. The van der Waals surface area contributed by atoms with Gasteiger partial charge in [0.05, 0.1) is 0 Å². The van der Waals surface area contributed by atoms with Gasteiger partial charge in [-0.2, -0.15) is 0 Å². The number of hydrogen-bond donors (Lipinski definition) is 3. The fourth-order valence-electron chi connectivity index (χ4n) is 3.05. The molecule has 1 aliphatic heterocycles. The van der Waals surface area contributed by atoms with Crippen LogP contribution in [0, 0.1) is 0 Å². The number of amides is 1. The third-order valence-corrected chi connectivity index (χ3v) is 3.75. The van der Waals surface area contributed by atoms with Crippen LogP contribution in [-0.4, -0.2) is 34.1 Å². The second-order valence-electron chi connectivity index (χ2n) is 7.03. The first-order valence-corrected chi connectivity index (χ1v) is 6.94. The fraction of sp³-hybridized carbons (Fsp3) is 0.733. The number of carbonyl (C=O) groups excluding carboxylic acids is 1. The molecule has 0 aromatic heterocycles. The van der Waals surface area contributed by atoms with Crippen LogP contribution >= 0.6 is 0 Å². The van der Waals surface area contributed by atoms with E-state index < -0.39 is 5.97 Å². The molecule has 1 rings (SSSR count). The zero-order valence-corrected chi connectivity index (χ0v) is 13.3. The van der Waals surface area contributed by atoms with Crippen LogP contribution < -0.4 is 10.6 Å². The van der Waals surface area contributed by atoms with Crippen LogP contribution in [0.3, 0.4) is 0 Å². The van der Waals surface area contributed by atoms with Gasteiger partial charge in [-0.15, -0.1) is 0 Å². The number of hydrogen-bond acceptors (Lipinski definition) is 3. The molecule has 0 atom stereocenters. The van der Waals surface area contributed by atoms with Gasteiger partial charge in [0, 0.05) is 28.3 Å². The number of nitrogens with one attached hydrogen (secondary N) is 2. The van der Waals surface area contributed by atoms with E-state index in [4.69, 9.17) is 5.11 Å². The minimum atomic E-state index is -1.05. The molecule has 0 radical (unpaired) electrons. The first-order chi connectivity index (χ1) is 8.93. The van der Waals surface area contributed by atoms with E-state index in [1.54, 1.807) is 6.92 Å². The molecule has 0 saturated carbocycles. The van der Waals surface area contributed by atoms with Gasteiger partial charge in [-0.25, -0.2) is 4.79 Å². The molecule has 1 heterocycles. The Hall–Kier alpha value is -1.36. The molecule has 1 aliphatic rings. The zero-order valence-electron chi connectivity index (χ0n) is 13.3. The lowest BCUT2D eigenvalue weighted by atomic mass is 9.79. The van der Waals surface area contributed by atoms with Gasteiger partial charge in [-0.3, -0.25) is 4.79 Å². The zero-order chi connectivity index (χ0) is 15.7. The van der Waals surface area contributed by atoms with Crippen LogP contribution in [0.5, 0.6) is 0 Å². The third kappa shape index (κ3) is 4.34. The molecule has 1 saturated heterocycles. The summed E-state index contributed by atoms with van der Waals surface area (Å²) in [5.74, 6) is -1.34. The Labute approximate surface area is 120 Å². The van der Waals surface area contributed by atoms with Crippen LogP contribution in [0.15, 0.2) is 11.1 Å². The Morgan fingerprint density at radius 1 is 1.05 bits per heavy atom. The maximum atomic E-state index is 12.1. The van der Waals surface area contributed by atoms with Gasteiger partial charge < -0.3 is 15.7 Å². The van der Waals surface area contributed by atoms with Crippen LogP contribution in [0.4, 0.5) is 0 Å². The summed E-state index contributed by atoms with van der Waals surface area (Å²) in [5, 5.41) is 15.4. The summed E-state index contributed by atoms with van der Waals surface area (Å²) in [6.45, 7) is 11.4. The molecule has 1 fully saturated rings. The number of aliphatic carboxylic acids is 1. The van der Waals surface area contributed by atoms with Gasteiger partial charge in [0.25, 0.3) is 0 Å². The van der Waals surface area contributed by atoms with E-state index in [-0.39, 0.29) is 34.2 Å². The molecule has 0 bridgehead atoms. The van der Waals surface area contributed by atoms with Crippen molar-refractivity contribution in [3.05, 3.63) is 11.1 Å². The average Bonchev–Trinajstić information content (AvgIpc) is 2.22. The maximum Gasteiger partial charge on any atom is 0.331 e. The molecule has 0 unspecified atom stereocenters. The minimum Gasteiger partial charge on any atom is -0.478 e. The van der Waals surface area contributed by atoms with Crippen LogP contribution in [-0.2, 0) is 9.59 Å². The van der Waals surface area contributed by atoms with Crippen LogP contribution in [0.1, 0.15) is 54.4 Å². The fourth-order valence-corrected chi connectivity index (χ4v) is 3.05. The number of rotatable bonds is 3. The molecule has 114 valence electrons. The lowest BCUT2D eigenvalue weighted by Crippen LogP contribution is -2.62. The van der Waals surface area contributed by atoms with Crippen LogP contribution in [0.25, 0.3) is 0 Å². The van der Waals surface area contributed by atoms with E-state index in [0.717, 1.165) is 12.8 Å². The summed E-state index contributed by atoms with van der Waals surface area (Å²) in [4.78, 5) is 23.0. The molecule has 20 heavy (non-hydrogen) atoms. The summed E-state index contributed by atoms with van der Waals surface area (Å²) in [6.07, 6.45) is 1.64. The Morgan fingerprint density at radius 2 is 1.50 bits per heavy atom. The topological polar surface area (TPSA) is 78.4 Å². The third-order valence-electron chi connectivity index (χ3n) is 3.75. The number of carbonyl (C=O) groups is 2. The second kappa shape index (κ2) is 5.56. The van der Waals surface area contributed by atoms with Crippen molar-refractivity contribution in [2.75, 3.05) is 0 Å². The van der Waals surface area contributed by atoms with Crippen molar-refractivity contribution >= 4 is 11.9 Å². The highest BCUT2D eigenvalue weighted by Crippen LogP contribution is 2.28. The molecule has 1 amide bonds. The molecular weight excluding hydrogens is 256 g/mol. The highest BCUT2D eigenvalue weighted by Gasteiger charge is 2.38. The quantitative estimate of drug-likeness (QED) is 0.690. The summed E-state index contributed by atoms with van der Waals surface area (Å²) < 4.78 is 0. The predicted molar refractivity (Wildman–Crippen MR) is 78.5 cm³/mol. The van der Waals surface area contributed by atoms with Crippen LogP contribution in [0.2, 0.25) is 0 Å². The monoisotopic (exact) mass is 282 g/mol. The van der Waals surface area contributed by atoms with Gasteiger partial charge in [0.1, 0.15) is 0 Å². The first kappa shape index (κ1) is 16.7. The van der Waals surface area contributed by atoms with Crippen molar-refractivity contribution in [1.82, 2.24) is 10.6 Å². The molecule has 0 spiro atoms. The van der Waals surface area contributed by atoms with Gasteiger partial charge in [0.15, 0.2) is 0 Å². The molecule has 0 aliphatic carbocycles. The van der Waals surface area contributed by atoms with E-state index in [0.29, 0.717) is 0 Å². The van der Waals surface area contributed by atoms with Crippen molar-refractivity contribution in [3.8, 4) is 0 Å². The van der Waals surface area contributed by atoms with Crippen molar-refractivity contribution < 1.29 is 14.7 Å². The van der Waals surface area contributed by atoms with Crippen molar-refractivity contribution in [2.45, 2.75) is 71.5 Å². The lowest BCUT2D eigenvalue weighted by molar-refractivity contribution is -0.133. The van der Waals surface area contributed by atoms with E-state index in [1.165, 1.54) is 6.92 Å². The van der Waals surface area contributed by atoms with E-state index in [1.807, 2.05) is 0 Å². The SMILES string of the molecule is C/C(C(=O)O)=C(\C)C(=O)NC1CC(C)(C)NC(C)(C)C1. The lowest BCUT2D eigenvalue weighted by Gasteiger charge is -2.46. The van der Waals surface area contributed by atoms with Gasteiger partial charge in [-0.05, 0) is 54.4 Å². The second-order valence-corrected chi connectivity index (χ2v) is 7.03. The maximum absolute atomic E-state index is 12.1. The minimum absolute atomic E-state index is 0.0466. The summed E-state index contributed by atoms with van der Waals surface area (Å²) in [6, 6.07) is 0.0466. The number of carboxylic acids is 1. The average molecular weight is 282 g/mol. The van der Waals surface area contributed by atoms with Crippen molar-refractivity contribution in [2.24, 2.45) is 0 Å². The van der Waals surface area contributed by atoms with Crippen molar-refractivity contribution in [1.29, 1.82) is 0 Å². The highest BCUT2D eigenvalue weighted by molar-refractivity contribution is 6.01. The first-order valence-electron chi connectivity index (χ1n) is 6.94. The van der Waals surface area contributed by atoms with E-state index in [9.17, 15) is 9.59 Å². The summed E-state index contributed by atoms with van der Waals surface area (Å²) in [5.41, 5.74) is 0.250. The standard InChI is InChI=1S/C15H26N2O3/c1-9(10(2)13(19)20)12(18)16-11-7-14(3,4)17-15(5,6)8-11/h11,17H,7-8H2,1-6H3,(H,16,18)(H,19,20)/b10-9-. The molecule has 0 aromatic rings. The highest BCUT2D eigenvalue weighted by atomic mass is 16.4. The smallest absolute Gasteiger partial charge is 0.331 e. The molecule has 3 N–H and O–H groups in total. The summed E-state index contributed by atoms with van der Waals surface area (Å²) >= 11 is 0. The largest absolute Gasteiger partial charge is 0.478 e. The Balaban J connectivity index is 2.81. The van der Waals surface area contributed by atoms with Crippen molar-refractivity contribution in [3.63, 3.8) is 0 Å².